The Morgan fingerprint density at radius 3 is 2.37 bits per heavy atom. The van der Waals surface area contributed by atoms with E-state index in [0.717, 1.165) is 18.9 Å². The van der Waals surface area contributed by atoms with Gasteiger partial charge in [-0.15, -0.1) is 0 Å². The van der Waals surface area contributed by atoms with Crippen LogP contribution in [0.5, 0.6) is 0 Å². The van der Waals surface area contributed by atoms with Crippen LogP contribution in [0.4, 0.5) is 8.78 Å². The van der Waals surface area contributed by atoms with Gasteiger partial charge in [0, 0.05) is 13.2 Å². The highest BCUT2D eigenvalue weighted by Gasteiger charge is 2.35. The molecule has 0 aliphatic carbocycles. The predicted octanol–water partition coefficient (Wildman–Crippen LogP) is 3.30. The van der Waals surface area contributed by atoms with E-state index < -0.39 is 11.6 Å². The molecular weight excluding hydrogens is 248 g/mol. The smallest absolute Gasteiger partial charge is 0.162 e. The zero-order valence-corrected chi connectivity index (χ0v) is 12.1. The van der Waals surface area contributed by atoms with Gasteiger partial charge in [0.25, 0.3) is 0 Å². The van der Waals surface area contributed by atoms with Crippen LogP contribution in [0.1, 0.15) is 32.3 Å². The summed E-state index contributed by atoms with van der Waals surface area (Å²) in [5.41, 5.74) is 0.00992. The van der Waals surface area contributed by atoms with Crippen molar-refractivity contribution in [2.75, 3.05) is 14.2 Å². The minimum Gasteiger partial charge on any atom is -0.377 e. The second-order valence-electron chi connectivity index (χ2n) is 4.73. The molecule has 0 amide bonds. The highest BCUT2D eigenvalue weighted by atomic mass is 19.2. The molecule has 0 radical (unpaired) electrons. The van der Waals surface area contributed by atoms with E-state index in [0.29, 0.717) is 12.0 Å². The van der Waals surface area contributed by atoms with Crippen LogP contribution in [0.25, 0.3) is 0 Å². The molecular formula is C15H23F2NO. The van der Waals surface area contributed by atoms with Gasteiger partial charge in [0.1, 0.15) is 0 Å². The van der Waals surface area contributed by atoms with Crippen molar-refractivity contribution in [2.24, 2.45) is 0 Å². The maximum atomic E-state index is 13.8. The number of halogens is 2. The van der Waals surface area contributed by atoms with E-state index in [4.69, 9.17) is 4.74 Å². The molecule has 2 nitrogen and oxygen atoms in total. The molecule has 0 aromatic heterocycles. The van der Waals surface area contributed by atoms with Crippen LogP contribution >= 0.6 is 0 Å². The Balaban J connectivity index is 3.02. The number of benzene rings is 1. The zero-order chi connectivity index (χ0) is 14.5. The molecule has 0 saturated carbocycles. The van der Waals surface area contributed by atoms with Crippen LogP contribution < -0.4 is 5.32 Å². The maximum Gasteiger partial charge on any atom is 0.162 e. The van der Waals surface area contributed by atoms with E-state index in [2.05, 4.69) is 5.32 Å². The number of hydrogen-bond acceptors (Lipinski definition) is 2. The van der Waals surface area contributed by atoms with Gasteiger partial charge in [-0.25, -0.2) is 8.78 Å². The average molecular weight is 271 g/mol. The Kier molecular flexibility index (Phi) is 5.88. The quantitative estimate of drug-likeness (QED) is 0.821. The third-order valence-corrected chi connectivity index (χ3v) is 4.04. The van der Waals surface area contributed by atoms with Gasteiger partial charge in [0.05, 0.1) is 5.60 Å². The molecule has 1 N–H and O–H groups in total. The molecule has 1 unspecified atom stereocenters. The van der Waals surface area contributed by atoms with Gasteiger partial charge >= 0.3 is 0 Å². The van der Waals surface area contributed by atoms with E-state index in [1.807, 2.05) is 20.9 Å². The van der Waals surface area contributed by atoms with Gasteiger partial charge in [-0.05, 0) is 37.9 Å². The summed E-state index contributed by atoms with van der Waals surface area (Å²) >= 11 is 0. The Bertz CT molecular complexity index is 397. The Hall–Kier alpha value is -1.00. The monoisotopic (exact) mass is 271 g/mol. The fourth-order valence-electron chi connectivity index (χ4n) is 2.65. The molecule has 1 aromatic carbocycles. The highest BCUT2D eigenvalue weighted by molar-refractivity contribution is 5.21. The number of hydrogen-bond donors (Lipinski definition) is 1. The summed E-state index contributed by atoms with van der Waals surface area (Å²) in [7, 11) is 3.49. The van der Waals surface area contributed by atoms with Gasteiger partial charge in [0.2, 0.25) is 0 Å². The predicted molar refractivity (Wildman–Crippen MR) is 73.2 cm³/mol. The first-order valence-electron chi connectivity index (χ1n) is 6.69. The molecule has 0 fully saturated rings. The van der Waals surface area contributed by atoms with E-state index in [1.54, 1.807) is 13.2 Å². The van der Waals surface area contributed by atoms with Gasteiger partial charge in [-0.3, -0.25) is 0 Å². The lowest BCUT2D eigenvalue weighted by Gasteiger charge is -2.38. The molecule has 1 aromatic rings. The van der Waals surface area contributed by atoms with Crippen LogP contribution in [0, 0.1) is 11.6 Å². The SMILES string of the molecule is CCC(CC)(OC)C(Cc1cccc(F)c1F)NC. The molecule has 0 heterocycles. The molecule has 19 heavy (non-hydrogen) atoms. The fraction of sp³-hybridized carbons (Fsp3) is 0.600. The van der Waals surface area contributed by atoms with Gasteiger partial charge < -0.3 is 10.1 Å². The molecule has 1 rings (SSSR count). The lowest BCUT2D eigenvalue weighted by Crippen LogP contribution is -2.51. The van der Waals surface area contributed by atoms with Gasteiger partial charge in [0.15, 0.2) is 11.6 Å². The molecule has 108 valence electrons. The van der Waals surface area contributed by atoms with Gasteiger partial charge in [-0.1, -0.05) is 26.0 Å². The summed E-state index contributed by atoms with van der Waals surface area (Å²) in [5, 5.41) is 3.18. The third kappa shape index (κ3) is 3.31. The van der Waals surface area contributed by atoms with Crippen molar-refractivity contribution in [3.8, 4) is 0 Å². The number of nitrogens with one attached hydrogen (secondary N) is 1. The molecule has 0 bridgehead atoms. The minimum atomic E-state index is -0.802. The number of ether oxygens (including phenoxy) is 1. The standard InChI is InChI=1S/C15H23F2NO/c1-5-15(6-2,19-4)13(18-3)10-11-8-7-9-12(16)14(11)17/h7-9,13,18H,5-6,10H2,1-4H3. The fourth-order valence-corrected chi connectivity index (χ4v) is 2.65. The summed E-state index contributed by atoms with van der Waals surface area (Å²) in [6.07, 6.45) is 2.01. The number of rotatable bonds is 7. The summed E-state index contributed by atoms with van der Waals surface area (Å²) in [6.45, 7) is 4.08. The topological polar surface area (TPSA) is 21.3 Å². The minimum absolute atomic E-state index is 0.0659. The second-order valence-corrected chi connectivity index (χ2v) is 4.73. The van der Waals surface area contributed by atoms with Crippen molar-refractivity contribution in [2.45, 2.75) is 44.8 Å². The van der Waals surface area contributed by atoms with Crippen LogP contribution in [0.3, 0.4) is 0 Å². The zero-order valence-electron chi connectivity index (χ0n) is 12.1. The van der Waals surface area contributed by atoms with Crippen molar-refractivity contribution in [3.05, 3.63) is 35.4 Å². The number of methoxy groups -OCH3 is 1. The van der Waals surface area contributed by atoms with Crippen molar-refractivity contribution >= 4 is 0 Å². The van der Waals surface area contributed by atoms with E-state index in [-0.39, 0.29) is 11.6 Å². The number of likely N-dealkylation sites (N-methyl/N-ethyl adjacent to an activating group) is 1. The largest absolute Gasteiger partial charge is 0.377 e. The summed E-state index contributed by atoms with van der Waals surface area (Å²) < 4.78 is 32.7. The molecule has 0 spiro atoms. The first kappa shape index (κ1) is 16.1. The summed E-state index contributed by atoms with van der Waals surface area (Å²) in [4.78, 5) is 0. The van der Waals surface area contributed by atoms with Crippen molar-refractivity contribution in [1.29, 1.82) is 0 Å². The van der Waals surface area contributed by atoms with Crippen molar-refractivity contribution in [1.82, 2.24) is 5.32 Å². The van der Waals surface area contributed by atoms with E-state index in [1.165, 1.54) is 6.07 Å². The third-order valence-electron chi connectivity index (χ3n) is 4.04. The lowest BCUT2D eigenvalue weighted by atomic mass is 9.84. The first-order valence-corrected chi connectivity index (χ1v) is 6.69. The van der Waals surface area contributed by atoms with Gasteiger partial charge in [-0.2, -0.15) is 0 Å². The van der Waals surface area contributed by atoms with Crippen molar-refractivity contribution in [3.63, 3.8) is 0 Å². The Labute approximate surface area is 114 Å². The van der Waals surface area contributed by atoms with Crippen LogP contribution in [0.2, 0.25) is 0 Å². The maximum absolute atomic E-state index is 13.8. The molecule has 0 aliphatic rings. The van der Waals surface area contributed by atoms with Crippen LogP contribution in [0.15, 0.2) is 18.2 Å². The van der Waals surface area contributed by atoms with Crippen LogP contribution in [-0.2, 0) is 11.2 Å². The Morgan fingerprint density at radius 1 is 1.26 bits per heavy atom. The Morgan fingerprint density at radius 2 is 1.89 bits per heavy atom. The average Bonchev–Trinajstić information content (AvgIpc) is 2.44. The first-order chi connectivity index (χ1) is 9.04. The van der Waals surface area contributed by atoms with E-state index in [9.17, 15) is 8.78 Å². The normalized spacial score (nSPS) is 13.6. The summed E-state index contributed by atoms with van der Waals surface area (Å²) in [6, 6.07) is 4.22. The van der Waals surface area contributed by atoms with E-state index >= 15 is 0 Å². The molecule has 1 atom stereocenters. The van der Waals surface area contributed by atoms with Crippen LogP contribution in [-0.4, -0.2) is 25.8 Å². The summed E-state index contributed by atoms with van der Waals surface area (Å²) in [5.74, 6) is -1.57. The molecule has 0 saturated heterocycles. The lowest BCUT2D eigenvalue weighted by molar-refractivity contribution is -0.0456. The highest BCUT2D eigenvalue weighted by Crippen LogP contribution is 2.27. The molecule has 4 heteroatoms. The van der Waals surface area contributed by atoms with Crippen molar-refractivity contribution < 1.29 is 13.5 Å². The second kappa shape index (κ2) is 6.96. The molecule has 0 aliphatic heterocycles.